The van der Waals surface area contributed by atoms with Crippen LogP contribution in [0.15, 0.2) is 42.5 Å². The van der Waals surface area contributed by atoms with Gasteiger partial charge in [0.05, 0.1) is 21.6 Å². The highest BCUT2D eigenvalue weighted by Gasteiger charge is 2.09. The zero-order valence-electron chi connectivity index (χ0n) is 11.7. The number of ether oxygens (including phenoxy) is 1. The van der Waals surface area contributed by atoms with Gasteiger partial charge < -0.3 is 10.1 Å². The van der Waals surface area contributed by atoms with Crippen LogP contribution in [0.4, 0.5) is 11.4 Å². The fraction of sp³-hybridized carbons (Fsp3) is 0.0667. The number of carbonyl (C=O) groups excluding carboxylic acids is 1. The normalized spacial score (nSPS) is 9.74. The second-order valence-corrected chi connectivity index (χ2v) is 4.80. The number of nitrogens with zero attached hydrogens (tertiary/aromatic N) is 2. The zero-order chi connectivity index (χ0) is 16.8. The fourth-order valence-electron chi connectivity index (χ4n) is 1.72. The van der Waals surface area contributed by atoms with Crippen molar-refractivity contribution in [1.82, 2.24) is 0 Å². The van der Waals surface area contributed by atoms with E-state index in [0.717, 1.165) is 0 Å². The molecule has 2 aromatic rings. The molecule has 0 aromatic heterocycles. The minimum absolute atomic E-state index is 0.123. The second kappa shape index (κ2) is 7.24. The molecule has 7 nitrogen and oxygen atoms in total. The van der Waals surface area contributed by atoms with E-state index in [4.69, 9.17) is 21.6 Å². The van der Waals surface area contributed by atoms with Crippen molar-refractivity contribution < 1.29 is 14.5 Å². The van der Waals surface area contributed by atoms with Gasteiger partial charge >= 0.3 is 0 Å². The van der Waals surface area contributed by atoms with Crippen molar-refractivity contribution in [3.63, 3.8) is 0 Å². The highest BCUT2D eigenvalue weighted by molar-refractivity contribution is 6.32. The molecule has 0 radical (unpaired) electrons. The number of nitrogens with one attached hydrogen (secondary N) is 1. The summed E-state index contributed by atoms with van der Waals surface area (Å²) < 4.78 is 5.20. The molecule has 1 N–H and O–H groups in total. The maximum absolute atomic E-state index is 11.8. The van der Waals surface area contributed by atoms with E-state index in [1.807, 2.05) is 6.07 Å². The van der Waals surface area contributed by atoms with Crippen molar-refractivity contribution in [2.45, 2.75) is 0 Å². The molecule has 2 aromatic carbocycles. The van der Waals surface area contributed by atoms with Gasteiger partial charge in [-0.05, 0) is 24.3 Å². The summed E-state index contributed by atoms with van der Waals surface area (Å²) >= 11 is 5.86. The summed E-state index contributed by atoms with van der Waals surface area (Å²) in [6.07, 6.45) is 0. The first-order valence-electron chi connectivity index (χ1n) is 6.36. The largest absolute Gasteiger partial charge is 0.484 e. The summed E-state index contributed by atoms with van der Waals surface area (Å²) in [6.45, 7) is -0.321. The number of non-ortho nitro benzene ring substituents is 1. The Bertz CT molecular complexity index is 802. The van der Waals surface area contributed by atoms with Gasteiger partial charge in [-0.2, -0.15) is 5.26 Å². The van der Waals surface area contributed by atoms with E-state index in [0.29, 0.717) is 11.3 Å². The van der Waals surface area contributed by atoms with Gasteiger partial charge in [-0.15, -0.1) is 0 Å². The summed E-state index contributed by atoms with van der Waals surface area (Å²) in [4.78, 5) is 21.9. The summed E-state index contributed by atoms with van der Waals surface area (Å²) in [6, 6.07) is 11.9. The van der Waals surface area contributed by atoms with Gasteiger partial charge in [0.2, 0.25) is 0 Å². The van der Waals surface area contributed by atoms with Crippen LogP contribution in [0.1, 0.15) is 5.56 Å². The first-order valence-corrected chi connectivity index (χ1v) is 6.74. The molecule has 0 aliphatic heterocycles. The molecule has 0 unspecified atom stereocenters. The van der Waals surface area contributed by atoms with E-state index in [1.165, 1.54) is 42.5 Å². The Hall–Kier alpha value is -3.11. The molecule has 0 heterocycles. The van der Waals surface area contributed by atoms with Crippen LogP contribution in [0.3, 0.4) is 0 Å². The molecule has 1 amide bonds. The molecule has 0 saturated heterocycles. The summed E-state index contributed by atoms with van der Waals surface area (Å²) in [5.41, 5.74) is 0.598. The van der Waals surface area contributed by atoms with Gasteiger partial charge in [0, 0.05) is 11.8 Å². The summed E-state index contributed by atoms with van der Waals surface area (Å²) in [7, 11) is 0. The van der Waals surface area contributed by atoms with Crippen molar-refractivity contribution >= 4 is 28.9 Å². The quantitative estimate of drug-likeness (QED) is 0.669. The molecule has 2 rings (SSSR count). The van der Waals surface area contributed by atoms with Crippen LogP contribution in [-0.2, 0) is 4.79 Å². The minimum Gasteiger partial charge on any atom is -0.484 e. The standard InChI is InChI=1S/C15H10ClN3O4/c16-14-6-11(5-4-10(14)8-17)18-15(20)9-23-13-3-1-2-12(7-13)19(21)22/h1-7H,9H2,(H,18,20). The molecule has 0 fully saturated rings. The van der Waals surface area contributed by atoms with Crippen LogP contribution in [0.2, 0.25) is 5.02 Å². The third kappa shape index (κ3) is 4.43. The molecular weight excluding hydrogens is 322 g/mol. The molecule has 116 valence electrons. The Balaban J connectivity index is 1.95. The van der Waals surface area contributed by atoms with Crippen LogP contribution in [0, 0.1) is 21.4 Å². The Morgan fingerprint density at radius 2 is 2.13 bits per heavy atom. The van der Waals surface area contributed by atoms with E-state index < -0.39 is 10.8 Å². The number of hydrogen-bond acceptors (Lipinski definition) is 5. The van der Waals surface area contributed by atoms with E-state index >= 15 is 0 Å². The lowest BCUT2D eigenvalue weighted by Crippen LogP contribution is -2.20. The smallest absolute Gasteiger partial charge is 0.273 e. The number of nitriles is 1. The van der Waals surface area contributed by atoms with Crippen LogP contribution < -0.4 is 10.1 Å². The number of halogens is 1. The number of nitro groups is 1. The Kier molecular flexibility index (Phi) is 5.12. The van der Waals surface area contributed by atoms with Crippen molar-refractivity contribution in [1.29, 1.82) is 5.26 Å². The molecule has 8 heteroatoms. The Morgan fingerprint density at radius 3 is 2.78 bits per heavy atom. The average molecular weight is 332 g/mol. The monoisotopic (exact) mass is 331 g/mol. The predicted molar refractivity (Wildman–Crippen MR) is 83.4 cm³/mol. The fourth-order valence-corrected chi connectivity index (χ4v) is 1.94. The summed E-state index contributed by atoms with van der Waals surface area (Å²) in [5, 5.41) is 22.2. The van der Waals surface area contributed by atoms with E-state index in [-0.39, 0.29) is 23.1 Å². The van der Waals surface area contributed by atoms with Crippen LogP contribution in [0.5, 0.6) is 5.75 Å². The van der Waals surface area contributed by atoms with Gasteiger partial charge in [-0.3, -0.25) is 14.9 Å². The molecule has 23 heavy (non-hydrogen) atoms. The van der Waals surface area contributed by atoms with Crippen molar-refractivity contribution in [2.24, 2.45) is 0 Å². The lowest BCUT2D eigenvalue weighted by Gasteiger charge is -2.08. The third-order valence-electron chi connectivity index (χ3n) is 2.77. The average Bonchev–Trinajstić information content (AvgIpc) is 2.53. The van der Waals surface area contributed by atoms with Gasteiger partial charge in [0.25, 0.3) is 11.6 Å². The highest BCUT2D eigenvalue weighted by atomic mass is 35.5. The number of anilines is 1. The number of carbonyl (C=O) groups is 1. The zero-order valence-corrected chi connectivity index (χ0v) is 12.4. The Morgan fingerprint density at radius 1 is 1.35 bits per heavy atom. The SMILES string of the molecule is N#Cc1ccc(NC(=O)COc2cccc([N+](=O)[O-])c2)cc1Cl. The minimum atomic E-state index is -0.550. The predicted octanol–water partition coefficient (Wildman–Crippen LogP) is 3.14. The van der Waals surface area contributed by atoms with Crippen LogP contribution in [-0.4, -0.2) is 17.4 Å². The molecule has 0 bridgehead atoms. The van der Waals surface area contributed by atoms with Crippen molar-refractivity contribution in [3.8, 4) is 11.8 Å². The van der Waals surface area contributed by atoms with E-state index in [2.05, 4.69) is 5.32 Å². The third-order valence-corrected chi connectivity index (χ3v) is 3.08. The first-order chi connectivity index (χ1) is 11.0. The lowest BCUT2D eigenvalue weighted by molar-refractivity contribution is -0.384. The molecule has 0 atom stereocenters. The number of rotatable bonds is 5. The van der Waals surface area contributed by atoms with E-state index in [1.54, 1.807) is 0 Å². The van der Waals surface area contributed by atoms with E-state index in [9.17, 15) is 14.9 Å². The number of amides is 1. The van der Waals surface area contributed by atoms with Gasteiger partial charge in [0.15, 0.2) is 6.61 Å². The second-order valence-electron chi connectivity index (χ2n) is 4.40. The topological polar surface area (TPSA) is 105 Å². The summed E-state index contributed by atoms with van der Waals surface area (Å²) in [5.74, 6) is -0.246. The maximum Gasteiger partial charge on any atom is 0.273 e. The number of hydrogen-bond donors (Lipinski definition) is 1. The number of benzene rings is 2. The molecular formula is C15H10ClN3O4. The van der Waals surface area contributed by atoms with Crippen molar-refractivity contribution in [3.05, 3.63) is 63.2 Å². The van der Waals surface area contributed by atoms with Gasteiger partial charge in [0.1, 0.15) is 11.8 Å². The lowest BCUT2D eigenvalue weighted by atomic mass is 10.2. The Labute approximate surface area is 136 Å². The van der Waals surface area contributed by atoms with Crippen molar-refractivity contribution in [2.75, 3.05) is 11.9 Å². The number of nitro benzene ring substituents is 1. The highest BCUT2D eigenvalue weighted by Crippen LogP contribution is 2.21. The van der Waals surface area contributed by atoms with Gasteiger partial charge in [-0.25, -0.2) is 0 Å². The molecule has 0 aliphatic rings. The first kappa shape index (κ1) is 16.3. The molecule has 0 saturated carbocycles. The van der Waals surface area contributed by atoms with Gasteiger partial charge in [-0.1, -0.05) is 17.7 Å². The molecule has 0 spiro atoms. The maximum atomic E-state index is 11.8. The van der Waals surface area contributed by atoms with Crippen LogP contribution >= 0.6 is 11.6 Å². The molecule has 0 aliphatic carbocycles. The van der Waals surface area contributed by atoms with Crippen LogP contribution in [0.25, 0.3) is 0 Å².